The van der Waals surface area contributed by atoms with Crippen LogP contribution < -0.4 is 5.32 Å². The van der Waals surface area contributed by atoms with Gasteiger partial charge >= 0.3 is 0 Å². The van der Waals surface area contributed by atoms with Crippen LogP contribution in [0.2, 0.25) is 0 Å². The standard InChI is InChI=1S/C16H14N6S/c1-10-4-7-22-13(8-10)19-11(2)14(22)12-9-23-16(20-12)21-15-17-5-3-6-18-15/h3-9H,1-2H3,(H,17,18,20,21). The average Bonchev–Trinajstić information content (AvgIpc) is 3.11. The van der Waals surface area contributed by atoms with E-state index in [4.69, 9.17) is 0 Å². The summed E-state index contributed by atoms with van der Waals surface area (Å²) in [6, 6.07) is 5.92. The summed E-state index contributed by atoms with van der Waals surface area (Å²) in [5.74, 6) is 0.541. The van der Waals surface area contributed by atoms with Crippen molar-refractivity contribution in [3.8, 4) is 11.4 Å². The van der Waals surface area contributed by atoms with E-state index in [9.17, 15) is 0 Å². The van der Waals surface area contributed by atoms with Crippen molar-refractivity contribution >= 4 is 28.1 Å². The van der Waals surface area contributed by atoms with Gasteiger partial charge in [-0.05, 0) is 37.6 Å². The Bertz CT molecular complexity index is 973. The Morgan fingerprint density at radius 3 is 2.78 bits per heavy atom. The van der Waals surface area contributed by atoms with Crippen LogP contribution in [0, 0.1) is 13.8 Å². The number of aryl methyl sites for hydroxylation is 2. The Balaban J connectivity index is 1.73. The number of pyridine rings is 1. The fourth-order valence-corrected chi connectivity index (χ4v) is 3.16. The van der Waals surface area contributed by atoms with Gasteiger partial charge in [-0.1, -0.05) is 0 Å². The molecule has 0 aliphatic rings. The van der Waals surface area contributed by atoms with E-state index in [0.29, 0.717) is 5.95 Å². The van der Waals surface area contributed by atoms with Crippen molar-refractivity contribution in [3.63, 3.8) is 0 Å². The van der Waals surface area contributed by atoms with Crippen molar-refractivity contribution in [2.24, 2.45) is 0 Å². The molecule has 6 nitrogen and oxygen atoms in total. The lowest BCUT2D eigenvalue weighted by Gasteiger charge is -2.01. The lowest BCUT2D eigenvalue weighted by atomic mass is 10.2. The minimum absolute atomic E-state index is 0.541. The van der Waals surface area contributed by atoms with Gasteiger partial charge in [0.05, 0.1) is 11.4 Å². The van der Waals surface area contributed by atoms with E-state index < -0.39 is 0 Å². The lowest BCUT2D eigenvalue weighted by molar-refractivity contribution is 1.15. The van der Waals surface area contributed by atoms with Gasteiger partial charge in [-0.15, -0.1) is 11.3 Å². The predicted octanol–water partition coefficient (Wildman–Crippen LogP) is 3.61. The van der Waals surface area contributed by atoms with Gasteiger partial charge in [-0.2, -0.15) is 0 Å². The van der Waals surface area contributed by atoms with E-state index in [2.05, 4.69) is 48.7 Å². The molecule has 7 heteroatoms. The highest BCUT2D eigenvalue weighted by Gasteiger charge is 2.14. The van der Waals surface area contributed by atoms with Crippen LogP contribution in [0.1, 0.15) is 11.3 Å². The van der Waals surface area contributed by atoms with E-state index in [0.717, 1.165) is 27.9 Å². The molecule has 114 valence electrons. The monoisotopic (exact) mass is 322 g/mol. The Kier molecular flexibility index (Phi) is 3.27. The van der Waals surface area contributed by atoms with E-state index in [1.54, 1.807) is 18.5 Å². The van der Waals surface area contributed by atoms with Crippen LogP contribution in [0.3, 0.4) is 0 Å². The van der Waals surface area contributed by atoms with Crippen LogP contribution in [-0.2, 0) is 0 Å². The molecule has 0 unspecified atom stereocenters. The molecule has 0 radical (unpaired) electrons. The first-order valence-electron chi connectivity index (χ1n) is 7.16. The summed E-state index contributed by atoms with van der Waals surface area (Å²) in [7, 11) is 0. The van der Waals surface area contributed by atoms with Gasteiger partial charge in [0.25, 0.3) is 0 Å². The van der Waals surface area contributed by atoms with Crippen molar-refractivity contribution in [1.82, 2.24) is 24.3 Å². The highest BCUT2D eigenvalue weighted by atomic mass is 32.1. The van der Waals surface area contributed by atoms with Crippen LogP contribution in [0.25, 0.3) is 17.0 Å². The molecule has 0 saturated heterocycles. The number of anilines is 2. The third-order valence-electron chi connectivity index (χ3n) is 3.49. The molecule has 1 N–H and O–H groups in total. The van der Waals surface area contributed by atoms with E-state index in [1.807, 2.05) is 18.5 Å². The molecule has 4 rings (SSSR count). The Hall–Kier alpha value is -2.80. The van der Waals surface area contributed by atoms with Gasteiger partial charge in [-0.3, -0.25) is 4.40 Å². The van der Waals surface area contributed by atoms with E-state index in [-0.39, 0.29) is 0 Å². The number of rotatable bonds is 3. The smallest absolute Gasteiger partial charge is 0.228 e. The quantitative estimate of drug-likeness (QED) is 0.624. The maximum absolute atomic E-state index is 4.65. The van der Waals surface area contributed by atoms with Gasteiger partial charge in [0.1, 0.15) is 11.3 Å². The van der Waals surface area contributed by atoms with E-state index in [1.165, 1.54) is 16.9 Å². The van der Waals surface area contributed by atoms with Gasteiger partial charge < -0.3 is 5.32 Å². The lowest BCUT2D eigenvalue weighted by Crippen LogP contribution is -1.95. The molecule has 0 saturated carbocycles. The predicted molar refractivity (Wildman–Crippen MR) is 91.1 cm³/mol. The highest BCUT2D eigenvalue weighted by Crippen LogP contribution is 2.29. The zero-order valence-electron chi connectivity index (χ0n) is 12.7. The zero-order chi connectivity index (χ0) is 15.8. The Morgan fingerprint density at radius 2 is 1.96 bits per heavy atom. The average molecular weight is 322 g/mol. The summed E-state index contributed by atoms with van der Waals surface area (Å²) >= 11 is 1.52. The zero-order valence-corrected chi connectivity index (χ0v) is 13.5. The first kappa shape index (κ1) is 13.8. The van der Waals surface area contributed by atoms with Crippen LogP contribution in [0.15, 0.2) is 42.2 Å². The van der Waals surface area contributed by atoms with Gasteiger partial charge in [-0.25, -0.2) is 19.9 Å². The Morgan fingerprint density at radius 1 is 1.13 bits per heavy atom. The second-order valence-corrected chi connectivity index (χ2v) is 6.07. The molecule has 4 aromatic heterocycles. The summed E-state index contributed by atoms with van der Waals surface area (Å²) in [6.07, 6.45) is 5.42. The van der Waals surface area contributed by atoms with Crippen molar-refractivity contribution < 1.29 is 0 Å². The molecule has 0 atom stereocenters. The molecule has 0 aliphatic carbocycles. The third kappa shape index (κ3) is 2.55. The topological polar surface area (TPSA) is 68.0 Å². The van der Waals surface area contributed by atoms with Crippen LogP contribution in [0.4, 0.5) is 11.1 Å². The number of fused-ring (bicyclic) bond motifs is 1. The molecule has 23 heavy (non-hydrogen) atoms. The van der Waals surface area contributed by atoms with Crippen molar-refractivity contribution in [2.75, 3.05) is 5.32 Å². The minimum Gasteiger partial charge on any atom is -0.300 e. The SMILES string of the molecule is Cc1ccn2c(-c3csc(Nc4ncccn4)n3)c(C)nc2c1. The summed E-state index contributed by atoms with van der Waals surface area (Å²) in [5.41, 5.74) is 4.99. The number of aromatic nitrogens is 5. The van der Waals surface area contributed by atoms with Gasteiger partial charge in [0.2, 0.25) is 5.95 Å². The number of imidazole rings is 1. The van der Waals surface area contributed by atoms with Crippen LogP contribution >= 0.6 is 11.3 Å². The normalized spacial score (nSPS) is 11.0. The highest BCUT2D eigenvalue weighted by molar-refractivity contribution is 7.14. The Labute approximate surface area is 136 Å². The molecule has 0 spiro atoms. The summed E-state index contributed by atoms with van der Waals surface area (Å²) in [5, 5.41) is 5.89. The van der Waals surface area contributed by atoms with Crippen LogP contribution in [0.5, 0.6) is 0 Å². The second kappa shape index (κ2) is 5.44. The number of hydrogen-bond acceptors (Lipinski definition) is 6. The molecular formula is C16H14N6S. The fraction of sp³-hybridized carbons (Fsp3) is 0.125. The van der Waals surface area contributed by atoms with Gasteiger partial charge in [0, 0.05) is 24.0 Å². The number of thiazole rings is 1. The van der Waals surface area contributed by atoms with Crippen molar-refractivity contribution in [3.05, 3.63) is 53.4 Å². The molecule has 0 aliphatic heterocycles. The fourth-order valence-electron chi connectivity index (χ4n) is 2.47. The van der Waals surface area contributed by atoms with Crippen molar-refractivity contribution in [2.45, 2.75) is 13.8 Å². The largest absolute Gasteiger partial charge is 0.300 e. The third-order valence-corrected chi connectivity index (χ3v) is 4.24. The molecule has 4 heterocycles. The summed E-state index contributed by atoms with van der Waals surface area (Å²) in [6.45, 7) is 4.07. The maximum atomic E-state index is 4.65. The number of nitrogens with zero attached hydrogens (tertiary/aromatic N) is 5. The minimum atomic E-state index is 0.541. The maximum Gasteiger partial charge on any atom is 0.228 e. The number of hydrogen-bond donors (Lipinski definition) is 1. The van der Waals surface area contributed by atoms with Gasteiger partial charge in [0.15, 0.2) is 5.13 Å². The van der Waals surface area contributed by atoms with Crippen LogP contribution in [-0.4, -0.2) is 24.3 Å². The molecular weight excluding hydrogens is 308 g/mol. The molecule has 0 bridgehead atoms. The number of nitrogens with one attached hydrogen (secondary N) is 1. The first-order valence-corrected chi connectivity index (χ1v) is 8.04. The molecule has 0 aromatic carbocycles. The summed E-state index contributed by atoms with van der Waals surface area (Å²) in [4.78, 5) is 17.6. The second-order valence-electron chi connectivity index (χ2n) is 5.21. The summed E-state index contributed by atoms with van der Waals surface area (Å²) < 4.78 is 2.07. The van der Waals surface area contributed by atoms with E-state index >= 15 is 0 Å². The molecule has 0 fully saturated rings. The van der Waals surface area contributed by atoms with Crippen molar-refractivity contribution in [1.29, 1.82) is 0 Å². The molecule has 4 aromatic rings. The first-order chi connectivity index (χ1) is 11.2. The molecule has 0 amide bonds.